The molecule has 3 aromatic heterocycles. The summed E-state index contributed by atoms with van der Waals surface area (Å²) in [6.45, 7) is 4.66. The van der Waals surface area contributed by atoms with Crippen molar-refractivity contribution in [1.29, 1.82) is 0 Å². The highest BCUT2D eigenvalue weighted by molar-refractivity contribution is 8.76. The topological polar surface area (TPSA) is 230 Å². The van der Waals surface area contributed by atoms with Crippen LogP contribution in [0.25, 0.3) is 43.5 Å². The number of fused-ring (bicyclic) bond motifs is 5. The number of benzene rings is 2. The van der Waals surface area contributed by atoms with Crippen LogP contribution in [0.2, 0.25) is 0 Å². The summed E-state index contributed by atoms with van der Waals surface area (Å²) in [7, 11) is 4.04. The minimum atomic E-state index is -1.52. The molecule has 0 radical (unpaired) electrons. The molecule has 352 valence electrons. The van der Waals surface area contributed by atoms with E-state index in [4.69, 9.17) is 25.7 Å². The van der Waals surface area contributed by atoms with E-state index in [-0.39, 0.29) is 27.5 Å². The fourth-order valence-corrected chi connectivity index (χ4v) is 11.4. The molecule has 3 heterocycles. The lowest BCUT2D eigenvalue weighted by Crippen LogP contribution is -2.31. The van der Waals surface area contributed by atoms with Gasteiger partial charge in [0.2, 0.25) is 22.0 Å². The number of aromatic carboxylic acids is 1. The lowest BCUT2D eigenvalue weighted by atomic mass is 10.0. The minimum Gasteiger partial charge on any atom is -0.501 e. The van der Waals surface area contributed by atoms with E-state index >= 15 is 0 Å². The molecule has 0 fully saturated rings. The molecule has 0 aliphatic heterocycles. The highest BCUT2D eigenvalue weighted by atomic mass is 33.1. The van der Waals surface area contributed by atoms with E-state index in [1.54, 1.807) is 18.2 Å². The van der Waals surface area contributed by atoms with E-state index in [9.17, 15) is 34.2 Å². The third kappa shape index (κ3) is 11.5. The highest BCUT2D eigenvalue weighted by Gasteiger charge is 2.27. The number of unbranched alkanes of at least 4 members (excludes halogenated alkanes) is 17. The first kappa shape index (κ1) is 49.3. The molecule has 14 nitrogen and oxygen atoms in total. The molecule has 0 spiro atoms. The number of aryl methyl sites for hydroxylation is 2. The van der Waals surface area contributed by atoms with Crippen molar-refractivity contribution in [2.24, 2.45) is 0 Å². The number of carboxylic acids is 2. The number of hydrogen-bond acceptors (Lipinski definition) is 12. The first-order valence-electron chi connectivity index (χ1n) is 23.3. The Hall–Kier alpha value is -5.09. The summed E-state index contributed by atoms with van der Waals surface area (Å²) in [6.07, 6.45) is 22.9. The number of ether oxygens (including phenoxy) is 1. The number of anilines is 2. The van der Waals surface area contributed by atoms with Crippen LogP contribution >= 0.6 is 21.6 Å². The second kappa shape index (κ2) is 23.4. The van der Waals surface area contributed by atoms with Crippen LogP contribution in [0.15, 0.2) is 37.0 Å². The van der Waals surface area contributed by atoms with E-state index in [1.807, 2.05) is 35.4 Å². The van der Waals surface area contributed by atoms with Gasteiger partial charge in [-0.05, 0) is 57.7 Å². The summed E-state index contributed by atoms with van der Waals surface area (Å²) in [4.78, 5) is 59.9. The molecule has 0 atom stereocenters. The van der Waals surface area contributed by atoms with Crippen molar-refractivity contribution < 1.29 is 34.1 Å². The number of aromatic nitrogens is 2. The zero-order valence-corrected chi connectivity index (χ0v) is 39.4. The fraction of sp³-hybridized carbons (Fsp3) is 0.531. The molecule has 0 unspecified atom stereocenters. The zero-order chi connectivity index (χ0) is 46.6. The molecule has 7 N–H and O–H groups in total. The molecule has 16 heteroatoms. The zero-order valence-electron chi connectivity index (χ0n) is 37.8. The Labute approximate surface area is 386 Å². The van der Waals surface area contributed by atoms with Crippen molar-refractivity contribution in [3.63, 3.8) is 0 Å². The Balaban J connectivity index is 0.730. The largest absolute Gasteiger partial charge is 0.501 e. The van der Waals surface area contributed by atoms with Crippen molar-refractivity contribution in [2.75, 3.05) is 29.6 Å². The summed E-state index contributed by atoms with van der Waals surface area (Å²) in [6, 6.07) is 5.04. The minimum absolute atomic E-state index is 0.0860. The average Bonchev–Trinajstić information content (AvgIpc) is 3.68. The lowest BCUT2D eigenvalue weighted by Gasteiger charge is -2.12. The van der Waals surface area contributed by atoms with Gasteiger partial charge in [0.25, 0.3) is 5.76 Å². The summed E-state index contributed by atoms with van der Waals surface area (Å²) in [5, 5.41) is 30.1. The van der Waals surface area contributed by atoms with Gasteiger partial charge in [0.05, 0.1) is 44.0 Å². The molecular formula is C49H64N4O10S2. The van der Waals surface area contributed by atoms with Crippen LogP contribution < -0.4 is 32.5 Å². The van der Waals surface area contributed by atoms with Gasteiger partial charge in [-0.25, -0.2) is 9.59 Å². The van der Waals surface area contributed by atoms with Crippen LogP contribution in [0, 0.1) is 13.8 Å². The molecule has 6 aromatic rings. The molecule has 3 aromatic carbocycles. The van der Waals surface area contributed by atoms with Crippen LogP contribution in [-0.2, 0) is 17.9 Å². The number of aromatic hydroxyl groups is 1. The van der Waals surface area contributed by atoms with Gasteiger partial charge in [-0.1, -0.05) is 118 Å². The van der Waals surface area contributed by atoms with Gasteiger partial charge in [0, 0.05) is 41.4 Å². The lowest BCUT2D eigenvalue weighted by molar-refractivity contribution is -0.139. The number of nitrogen functional groups attached to an aromatic ring is 2. The molecule has 0 aliphatic rings. The first-order chi connectivity index (χ1) is 31.3. The van der Waals surface area contributed by atoms with Crippen LogP contribution in [-0.4, -0.2) is 54.5 Å². The standard InChI is InChI=1S/C49H64N4O10S2/c1-30-40(50)38-34(23-22-32-42(56)45(59)48(49(60)61)63-46(32)38)52(30)24-18-14-10-6-3-4-8-12-16-20-26-64-65-27-21-17-13-9-5-7-11-15-19-25-53-31(2)41(51)39-35(53)28-33-37(44(58)43(33)57)47(39)62-29-36(54)55/h22-23,28,59H,3-21,24-27,29,50-51H2,1-2H3,(H,54,55)(H,60,61). The van der Waals surface area contributed by atoms with Gasteiger partial charge >= 0.3 is 11.9 Å². The SMILES string of the molecule is Cc1c(N)c2c(OCC(=O)O)c3c(=O)c(=O)c3cc2n1CCCCCCCCCCCSSCCCCCCCCCCCCn1c(C)c(N)c2c3oc(C(=O)O)c(O)c(=O)c3ccc21. The second-order valence-corrected chi connectivity index (χ2v) is 20.0. The number of nitrogens with two attached hydrogens (primary N) is 2. The monoisotopic (exact) mass is 932 g/mol. The average molecular weight is 933 g/mol. The van der Waals surface area contributed by atoms with E-state index < -0.39 is 46.3 Å². The smallest absolute Gasteiger partial charge is 0.375 e. The summed E-state index contributed by atoms with van der Waals surface area (Å²) in [5.41, 5.74) is 15.0. The first-order valence-corrected chi connectivity index (χ1v) is 25.8. The van der Waals surface area contributed by atoms with Crippen molar-refractivity contribution in [2.45, 2.75) is 149 Å². The van der Waals surface area contributed by atoms with E-state index in [1.165, 1.54) is 101 Å². The number of hydrogen-bond donors (Lipinski definition) is 5. The fourth-order valence-electron chi connectivity index (χ4n) is 9.06. The van der Waals surface area contributed by atoms with Crippen molar-refractivity contribution in [3.8, 4) is 11.5 Å². The number of rotatable bonds is 30. The summed E-state index contributed by atoms with van der Waals surface area (Å²) >= 11 is 0. The Morgan fingerprint density at radius 1 is 0.615 bits per heavy atom. The highest BCUT2D eigenvalue weighted by Crippen LogP contribution is 2.41. The quantitative estimate of drug-likeness (QED) is 0.0161. The Morgan fingerprint density at radius 3 is 1.60 bits per heavy atom. The number of nitrogens with zero attached hydrogens (tertiary/aromatic N) is 2. The van der Waals surface area contributed by atoms with E-state index in [2.05, 4.69) is 9.13 Å². The molecule has 6 rings (SSSR count). The Kier molecular flexibility index (Phi) is 17.8. The van der Waals surface area contributed by atoms with Gasteiger partial charge in [-0.3, -0.25) is 14.4 Å². The van der Waals surface area contributed by atoms with Gasteiger partial charge in [-0.2, -0.15) is 0 Å². The normalized spacial score (nSPS) is 11.9. The second-order valence-electron chi connectivity index (χ2n) is 17.3. The predicted octanol–water partition coefficient (Wildman–Crippen LogP) is 10.6. The van der Waals surface area contributed by atoms with Crippen molar-refractivity contribution in [1.82, 2.24) is 9.13 Å². The van der Waals surface area contributed by atoms with Crippen LogP contribution in [0.4, 0.5) is 11.4 Å². The third-order valence-electron chi connectivity index (χ3n) is 12.7. The summed E-state index contributed by atoms with van der Waals surface area (Å²) < 4.78 is 15.2. The van der Waals surface area contributed by atoms with Gasteiger partial charge < -0.3 is 45.1 Å². The van der Waals surface area contributed by atoms with Crippen LogP contribution in [0.3, 0.4) is 0 Å². The van der Waals surface area contributed by atoms with Crippen molar-refractivity contribution >= 4 is 88.4 Å². The number of aliphatic carboxylic acids is 1. The molecule has 0 amide bonds. The summed E-state index contributed by atoms with van der Waals surface area (Å²) in [5.74, 6) is -1.84. The Bertz CT molecular complexity index is 2760. The van der Waals surface area contributed by atoms with Gasteiger partial charge in [-0.15, -0.1) is 0 Å². The number of carbonyl (C=O) groups is 2. The Morgan fingerprint density at radius 2 is 1.09 bits per heavy atom. The van der Waals surface area contributed by atoms with Crippen LogP contribution in [0.1, 0.15) is 144 Å². The number of carboxylic acid groups (broad SMARTS) is 2. The molecule has 0 aliphatic carbocycles. The third-order valence-corrected chi connectivity index (χ3v) is 15.3. The van der Waals surface area contributed by atoms with Gasteiger partial charge in [0.1, 0.15) is 5.75 Å². The van der Waals surface area contributed by atoms with Crippen molar-refractivity contribution in [3.05, 3.63) is 66.0 Å². The van der Waals surface area contributed by atoms with Crippen LogP contribution in [0.5, 0.6) is 11.5 Å². The molecule has 0 saturated heterocycles. The molecule has 65 heavy (non-hydrogen) atoms. The molecule has 0 bridgehead atoms. The van der Waals surface area contributed by atoms with E-state index in [0.29, 0.717) is 34.2 Å². The molecular weight excluding hydrogens is 869 g/mol. The predicted molar refractivity (Wildman–Crippen MR) is 265 cm³/mol. The van der Waals surface area contributed by atoms with E-state index in [0.717, 1.165) is 55.6 Å². The van der Waals surface area contributed by atoms with Gasteiger partial charge in [0.15, 0.2) is 12.2 Å². The maximum absolute atomic E-state index is 12.6. The maximum atomic E-state index is 12.6. The maximum Gasteiger partial charge on any atom is 0.375 e. The molecule has 0 saturated carbocycles.